The summed E-state index contributed by atoms with van der Waals surface area (Å²) in [5, 5.41) is 1.18. The Balaban J connectivity index is 1.87. The van der Waals surface area contributed by atoms with E-state index in [4.69, 9.17) is 4.74 Å². The van der Waals surface area contributed by atoms with Crippen molar-refractivity contribution in [3.63, 3.8) is 0 Å². The Labute approximate surface area is 124 Å². The van der Waals surface area contributed by atoms with Gasteiger partial charge >= 0.3 is 5.97 Å². The van der Waals surface area contributed by atoms with Crippen molar-refractivity contribution in [2.45, 2.75) is 19.8 Å². The third-order valence-corrected chi connectivity index (χ3v) is 4.19. The molecular formula is C17H20N2O2. The number of esters is 1. The van der Waals surface area contributed by atoms with Crippen LogP contribution in [-0.4, -0.2) is 31.2 Å². The highest BCUT2D eigenvalue weighted by Crippen LogP contribution is 2.30. The van der Waals surface area contributed by atoms with Gasteiger partial charge < -0.3 is 9.64 Å². The molecule has 1 fully saturated rings. The summed E-state index contributed by atoms with van der Waals surface area (Å²) >= 11 is 0. The van der Waals surface area contributed by atoms with E-state index < -0.39 is 0 Å². The van der Waals surface area contributed by atoms with Crippen LogP contribution in [0.15, 0.2) is 30.3 Å². The van der Waals surface area contributed by atoms with Crippen LogP contribution in [0.3, 0.4) is 0 Å². The van der Waals surface area contributed by atoms with Gasteiger partial charge in [0.2, 0.25) is 0 Å². The van der Waals surface area contributed by atoms with Crippen molar-refractivity contribution in [1.29, 1.82) is 0 Å². The van der Waals surface area contributed by atoms with Crippen LogP contribution in [0.5, 0.6) is 0 Å². The summed E-state index contributed by atoms with van der Waals surface area (Å²) in [6, 6.07) is 10.4. The SMILES string of the molecule is COC(=O)C1CCN(c2cc(C)nc3ccccc23)CC1. The maximum atomic E-state index is 11.6. The first-order valence-corrected chi connectivity index (χ1v) is 7.38. The molecule has 2 heterocycles. The van der Waals surface area contributed by atoms with Gasteiger partial charge in [-0.1, -0.05) is 18.2 Å². The van der Waals surface area contributed by atoms with Crippen molar-refractivity contribution in [3.05, 3.63) is 36.0 Å². The Kier molecular flexibility index (Phi) is 3.78. The molecule has 0 aliphatic carbocycles. The normalized spacial score (nSPS) is 16.2. The number of para-hydroxylation sites is 1. The fourth-order valence-electron chi connectivity index (χ4n) is 3.07. The maximum Gasteiger partial charge on any atom is 0.308 e. The first-order valence-electron chi connectivity index (χ1n) is 7.38. The molecule has 0 N–H and O–H groups in total. The number of fused-ring (bicyclic) bond motifs is 1. The second-order valence-corrected chi connectivity index (χ2v) is 5.58. The topological polar surface area (TPSA) is 42.4 Å². The van der Waals surface area contributed by atoms with E-state index in [2.05, 4.69) is 22.0 Å². The second kappa shape index (κ2) is 5.72. The Morgan fingerprint density at radius 1 is 1.29 bits per heavy atom. The maximum absolute atomic E-state index is 11.6. The van der Waals surface area contributed by atoms with Crippen molar-refractivity contribution in [2.75, 3.05) is 25.1 Å². The molecule has 1 aromatic carbocycles. The molecule has 2 aromatic rings. The van der Waals surface area contributed by atoms with Crippen molar-refractivity contribution in [3.8, 4) is 0 Å². The number of piperidine rings is 1. The average Bonchev–Trinajstić information content (AvgIpc) is 2.53. The largest absolute Gasteiger partial charge is 0.469 e. The number of pyridine rings is 1. The molecule has 4 heteroatoms. The second-order valence-electron chi connectivity index (χ2n) is 5.58. The number of aromatic nitrogens is 1. The van der Waals surface area contributed by atoms with Crippen LogP contribution in [-0.2, 0) is 9.53 Å². The summed E-state index contributed by atoms with van der Waals surface area (Å²) in [5.41, 5.74) is 3.28. The molecular weight excluding hydrogens is 264 g/mol. The third-order valence-electron chi connectivity index (χ3n) is 4.19. The van der Waals surface area contributed by atoms with E-state index in [-0.39, 0.29) is 11.9 Å². The van der Waals surface area contributed by atoms with Crippen LogP contribution < -0.4 is 4.90 Å². The number of aryl methyl sites for hydroxylation is 1. The zero-order chi connectivity index (χ0) is 14.8. The third kappa shape index (κ3) is 2.71. The number of carbonyl (C=O) groups excluding carboxylic acids is 1. The fourth-order valence-corrected chi connectivity index (χ4v) is 3.07. The van der Waals surface area contributed by atoms with E-state index in [1.807, 2.05) is 25.1 Å². The fraction of sp³-hybridized carbons (Fsp3) is 0.412. The Morgan fingerprint density at radius 3 is 2.71 bits per heavy atom. The highest BCUT2D eigenvalue weighted by atomic mass is 16.5. The lowest BCUT2D eigenvalue weighted by Gasteiger charge is -2.33. The number of carbonyl (C=O) groups is 1. The minimum absolute atomic E-state index is 0.0421. The summed E-state index contributed by atoms with van der Waals surface area (Å²) < 4.78 is 4.85. The zero-order valence-corrected chi connectivity index (χ0v) is 12.5. The molecule has 0 atom stereocenters. The monoisotopic (exact) mass is 284 g/mol. The van der Waals surface area contributed by atoms with E-state index in [1.165, 1.54) is 18.2 Å². The molecule has 3 rings (SSSR count). The number of hydrogen-bond acceptors (Lipinski definition) is 4. The number of benzene rings is 1. The average molecular weight is 284 g/mol. The zero-order valence-electron chi connectivity index (χ0n) is 12.5. The number of ether oxygens (including phenoxy) is 1. The molecule has 0 bridgehead atoms. The van der Waals surface area contributed by atoms with E-state index in [1.54, 1.807) is 0 Å². The van der Waals surface area contributed by atoms with E-state index >= 15 is 0 Å². The highest BCUT2D eigenvalue weighted by Gasteiger charge is 2.26. The summed E-state index contributed by atoms with van der Waals surface area (Å²) in [4.78, 5) is 18.6. The van der Waals surface area contributed by atoms with E-state index in [9.17, 15) is 4.79 Å². The van der Waals surface area contributed by atoms with Gasteiger partial charge in [-0.25, -0.2) is 0 Å². The first-order chi connectivity index (χ1) is 10.2. The van der Waals surface area contributed by atoms with Crippen LogP contribution >= 0.6 is 0 Å². The summed E-state index contributed by atoms with van der Waals surface area (Å²) in [6.07, 6.45) is 1.70. The molecule has 1 aliphatic rings. The molecule has 110 valence electrons. The van der Waals surface area contributed by atoms with Gasteiger partial charge in [-0.2, -0.15) is 0 Å². The van der Waals surface area contributed by atoms with Gasteiger partial charge in [0.1, 0.15) is 0 Å². The lowest BCUT2D eigenvalue weighted by molar-refractivity contribution is -0.146. The minimum atomic E-state index is -0.0783. The van der Waals surface area contributed by atoms with Crippen molar-refractivity contribution in [2.24, 2.45) is 5.92 Å². The van der Waals surface area contributed by atoms with Crippen LogP contribution in [0.25, 0.3) is 10.9 Å². The predicted molar refractivity (Wildman–Crippen MR) is 83.4 cm³/mol. The van der Waals surface area contributed by atoms with Gasteiger partial charge in [0.05, 0.1) is 18.5 Å². The Morgan fingerprint density at radius 2 is 2.00 bits per heavy atom. The number of nitrogens with zero attached hydrogens (tertiary/aromatic N) is 2. The first kappa shape index (κ1) is 13.9. The van der Waals surface area contributed by atoms with E-state index in [0.717, 1.165) is 37.1 Å². The number of methoxy groups -OCH3 is 1. The summed E-state index contributed by atoms with van der Waals surface area (Å²) in [7, 11) is 1.47. The summed E-state index contributed by atoms with van der Waals surface area (Å²) in [5.74, 6) is -0.0362. The van der Waals surface area contributed by atoms with E-state index in [0.29, 0.717) is 0 Å². The Bertz CT molecular complexity index is 661. The molecule has 0 radical (unpaired) electrons. The predicted octanol–water partition coefficient (Wildman–Crippen LogP) is 2.93. The molecule has 0 amide bonds. The number of hydrogen-bond donors (Lipinski definition) is 0. The quantitative estimate of drug-likeness (QED) is 0.795. The van der Waals surface area contributed by atoms with Gasteiger partial charge in [0.15, 0.2) is 0 Å². The molecule has 0 saturated carbocycles. The van der Waals surface area contributed by atoms with Gasteiger partial charge in [0, 0.05) is 29.9 Å². The number of anilines is 1. The lowest BCUT2D eigenvalue weighted by Crippen LogP contribution is -2.36. The standard InChI is InChI=1S/C17H20N2O2/c1-12-11-16(14-5-3-4-6-15(14)18-12)19-9-7-13(8-10-19)17(20)21-2/h3-6,11,13H,7-10H2,1-2H3. The number of rotatable bonds is 2. The Hall–Kier alpha value is -2.10. The van der Waals surface area contributed by atoms with Crippen LogP contribution in [0.4, 0.5) is 5.69 Å². The molecule has 1 saturated heterocycles. The highest BCUT2D eigenvalue weighted by molar-refractivity contribution is 5.92. The van der Waals surface area contributed by atoms with Gasteiger partial charge in [0.25, 0.3) is 0 Å². The van der Waals surface area contributed by atoms with Gasteiger partial charge in [-0.15, -0.1) is 0 Å². The van der Waals surface area contributed by atoms with Crippen LogP contribution in [0, 0.1) is 12.8 Å². The van der Waals surface area contributed by atoms with Gasteiger partial charge in [-0.3, -0.25) is 9.78 Å². The molecule has 21 heavy (non-hydrogen) atoms. The van der Waals surface area contributed by atoms with Crippen molar-refractivity contribution >= 4 is 22.6 Å². The van der Waals surface area contributed by atoms with Crippen LogP contribution in [0.1, 0.15) is 18.5 Å². The smallest absolute Gasteiger partial charge is 0.308 e. The van der Waals surface area contributed by atoms with Crippen molar-refractivity contribution in [1.82, 2.24) is 4.98 Å². The van der Waals surface area contributed by atoms with Crippen molar-refractivity contribution < 1.29 is 9.53 Å². The molecule has 0 unspecified atom stereocenters. The molecule has 0 spiro atoms. The summed E-state index contributed by atoms with van der Waals surface area (Å²) in [6.45, 7) is 3.79. The lowest BCUT2D eigenvalue weighted by atomic mass is 9.96. The van der Waals surface area contributed by atoms with Gasteiger partial charge in [-0.05, 0) is 31.9 Å². The molecule has 1 aliphatic heterocycles. The minimum Gasteiger partial charge on any atom is -0.469 e. The van der Waals surface area contributed by atoms with Crippen LogP contribution in [0.2, 0.25) is 0 Å². The molecule has 1 aromatic heterocycles. The molecule has 4 nitrogen and oxygen atoms in total.